The monoisotopic (exact) mass is 282 g/mol. The van der Waals surface area contributed by atoms with E-state index < -0.39 is 12.1 Å². The largest absolute Gasteiger partial charge is 0.391 e. The zero-order chi connectivity index (χ0) is 14.2. The van der Waals surface area contributed by atoms with E-state index in [0.717, 1.165) is 12.0 Å². The molecule has 1 aromatic rings. The predicted octanol–water partition coefficient (Wildman–Crippen LogP) is 1.59. The second-order valence-electron chi connectivity index (χ2n) is 6.24. The molecule has 0 bridgehead atoms. The maximum atomic E-state index is 12.2. The van der Waals surface area contributed by atoms with E-state index in [9.17, 15) is 9.90 Å². The van der Waals surface area contributed by atoms with Crippen molar-refractivity contribution < 1.29 is 9.90 Å². The third kappa shape index (κ3) is 2.99. The maximum absolute atomic E-state index is 12.2. The van der Waals surface area contributed by atoms with Gasteiger partial charge in [-0.1, -0.05) is 20.8 Å². The second kappa shape index (κ2) is 5.23. The number of fused-ring (bicyclic) bond motifs is 1. The first-order valence-electron chi connectivity index (χ1n) is 6.61. The van der Waals surface area contributed by atoms with E-state index in [1.807, 2.05) is 32.2 Å². The van der Waals surface area contributed by atoms with Gasteiger partial charge in [-0.05, 0) is 35.3 Å². The molecule has 0 saturated heterocycles. The van der Waals surface area contributed by atoms with Crippen LogP contribution in [0.15, 0.2) is 11.4 Å². The maximum Gasteiger partial charge on any atom is 0.238 e. The van der Waals surface area contributed by atoms with E-state index in [1.165, 1.54) is 4.88 Å². The molecule has 1 amide bonds. The molecule has 4 nitrogen and oxygen atoms in total. The number of aliphatic hydroxyl groups excluding tert-OH is 1. The number of carbonyl (C=O) groups excluding carboxylic acids is 1. The fraction of sp³-hybridized carbons (Fsp3) is 0.643. The third-order valence-electron chi connectivity index (χ3n) is 3.68. The number of carbonyl (C=O) groups is 1. The fourth-order valence-corrected chi connectivity index (χ4v) is 3.24. The Balaban J connectivity index is 2.13. The van der Waals surface area contributed by atoms with Crippen LogP contribution in [0.25, 0.3) is 0 Å². The van der Waals surface area contributed by atoms with Gasteiger partial charge in [0.2, 0.25) is 5.91 Å². The van der Waals surface area contributed by atoms with E-state index in [2.05, 4.69) is 5.32 Å². The molecule has 0 radical (unpaired) electrons. The van der Waals surface area contributed by atoms with Crippen LogP contribution < -0.4 is 11.1 Å². The van der Waals surface area contributed by atoms with Gasteiger partial charge in [-0.25, -0.2) is 0 Å². The molecule has 1 aromatic heterocycles. The highest BCUT2D eigenvalue weighted by Crippen LogP contribution is 2.33. The smallest absolute Gasteiger partial charge is 0.238 e. The highest BCUT2D eigenvalue weighted by atomic mass is 32.1. The van der Waals surface area contributed by atoms with Crippen LogP contribution in [0.4, 0.5) is 0 Å². The lowest BCUT2D eigenvalue weighted by Crippen LogP contribution is -2.51. The van der Waals surface area contributed by atoms with Crippen molar-refractivity contribution in [3.8, 4) is 0 Å². The van der Waals surface area contributed by atoms with Gasteiger partial charge in [-0.3, -0.25) is 4.79 Å². The number of thiophene rings is 1. The van der Waals surface area contributed by atoms with Crippen molar-refractivity contribution in [3.63, 3.8) is 0 Å². The number of aliphatic hydroxyl groups is 1. The van der Waals surface area contributed by atoms with Crippen molar-refractivity contribution in [2.45, 2.75) is 51.8 Å². The summed E-state index contributed by atoms with van der Waals surface area (Å²) in [5, 5.41) is 15.0. The number of nitrogens with one attached hydrogen (secondary N) is 1. The molecule has 0 spiro atoms. The molecule has 0 aromatic carbocycles. The summed E-state index contributed by atoms with van der Waals surface area (Å²) in [7, 11) is 0. The summed E-state index contributed by atoms with van der Waals surface area (Å²) in [4.78, 5) is 13.4. The predicted molar refractivity (Wildman–Crippen MR) is 77.0 cm³/mol. The number of amides is 1. The first kappa shape index (κ1) is 14.5. The number of nitrogens with two attached hydrogens (primary N) is 1. The van der Waals surface area contributed by atoms with E-state index in [-0.39, 0.29) is 17.4 Å². The van der Waals surface area contributed by atoms with Crippen molar-refractivity contribution in [1.82, 2.24) is 5.32 Å². The zero-order valence-corrected chi connectivity index (χ0v) is 12.5. The molecule has 1 heterocycles. The van der Waals surface area contributed by atoms with Gasteiger partial charge in [0.1, 0.15) is 0 Å². The van der Waals surface area contributed by atoms with Gasteiger partial charge in [0.25, 0.3) is 0 Å². The van der Waals surface area contributed by atoms with Gasteiger partial charge in [-0.2, -0.15) is 0 Å². The molecule has 5 heteroatoms. The summed E-state index contributed by atoms with van der Waals surface area (Å²) in [6, 6.07) is 1.08. The second-order valence-corrected chi connectivity index (χ2v) is 7.24. The normalized spacial score (nSPS) is 24.7. The first-order chi connectivity index (χ1) is 8.80. The van der Waals surface area contributed by atoms with Crippen LogP contribution in [0.2, 0.25) is 0 Å². The Morgan fingerprint density at radius 3 is 2.89 bits per heavy atom. The highest BCUT2D eigenvalue weighted by molar-refractivity contribution is 7.10. The van der Waals surface area contributed by atoms with E-state index in [0.29, 0.717) is 6.42 Å². The third-order valence-corrected chi connectivity index (χ3v) is 4.68. The van der Waals surface area contributed by atoms with Gasteiger partial charge in [0, 0.05) is 4.88 Å². The molecule has 0 fully saturated rings. The summed E-state index contributed by atoms with van der Waals surface area (Å²) in [5.41, 5.74) is 6.71. The lowest BCUT2D eigenvalue weighted by atomic mass is 9.85. The van der Waals surface area contributed by atoms with Gasteiger partial charge in [0.05, 0.1) is 18.2 Å². The van der Waals surface area contributed by atoms with Crippen molar-refractivity contribution in [2.24, 2.45) is 11.1 Å². The molecule has 1 unspecified atom stereocenters. The molecular weight excluding hydrogens is 260 g/mol. The van der Waals surface area contributed by atoms with Crippen molar-refractivity contribution >= 4 is 17.2 Å². The molecule has 1 aliphatic carbocycles. The number of rotatable bonds is 2. The van der Waals surface area contributed by atoms with Crippen LogP contribution in [-0.4, -0.2) is 23.2 Å². The topological polar surface area (TPSA) is 75.4 Å². The Hall–Kier alpha value is -0.910. The quantitative estimate of drug-likeness (QED) is 0.771. The van der Waals surface area contributed by atoms with Crippen LogP contribution in [0.3, 0.4) is 0 Å². The van der Waals surface area contributed by atoms with Gasteiger partial charge >= 0.3 is 0 Å². The molecule has 3 atom stereocenters. The Morgan fingerprint density at radius 2 is 2.26 bits per heavy atom. The van der Waals surface area contributed by atoms with Crippen LogP contribution in [0, 0.1) is 5.41 Å². The first-order valence-corrected chi connectivity index (χ1v) is 7.49. The lowest BCUT2D eigenvalue weighted by molar-refractivity contribution is -0.126. The van der Waals surface area contributed by atoms with Gasteiger partial charge < -0.3 is 16.2 Å². The molecule has 0 aliphatic heterocycles. The average molecular weight is 282 g/mol. The van der Waals surface area contributed by atoms with Gasteiger partial charge in [0.15, 0.2) is 0 Å². The zero-order valence-electron chi connectivity index (χ0n) is 11.6. The standard InChI is InChI=1S/C14H22N2O2S/c1-14(2,3)12(15)13(18)16-11-8-6-7-19-10(8)5-4-9(11)17/h6-7,9,11-12,17H,4-5,15H2,1-3H3,(H,16,18)/t9-,11?,12-/m1/s1. The van der Waals surface area contributed by atoms with Crippen molar-refractivity contribution in [3.05, 3.63) is 21.9 Å². The molecule has 0 saturated carbocycles. The van der Waals surface area contributed by atoms with E-state index in [1.54, 1.807) is 11.3 Å². The van der Waals surface area contributed by atoms with Crippen LogP contribution in [0.5, 0.6) is 0 Å². The Bertz CT molecular complexity index is 464. The lowest BCUT2D eigenvalue weighted by Gasteiger charge is -2.32. The number of aryl methyl sites for hydroxylation is 1. The summed E-state index contributed by atoms with van der Waals surface area (Å²) < 4.78 is 0. The number of hydrogen-bond donors (Lipinski definition) is 3. The molecule has 1 aliphatic rings. The minimum Gasteiger partial charge on any atom is -0.391 e. The molecule has 19 heavy (non-hydrogen) atoms. The van der Waals surface area contributed by atoms with Crippen LogP contribution >= 0.6 is 11.3 Å². The Kier molecular flexibility index (Phi) is 3.99. The number of hydrogen-bond acceptors (Lipinski definition) is 4. The van der Waals surface area contributed by atoms with Gasteiger partial charge in [-0.15, -0.1) is 11.3 Å². The minimum atomic E-state index is -0.580. The SMILES string of the molecule is CC(C)(C)[C@H](N)C(=O)NC1c2ccsc2CC[C@H]1O. The molecule has 2 rings (SSSR count). The molecular formula is C14H22N2O2S. The Morgan fingerprint density at radius 1 is 1.58 bits per heavy atom. The Labute approximate surface area is 118 Å². The highest BCUT2D eigenvalue weighted by Gasteiger charge is 2.34. The van der Waals surface area contributed by atoms with Crippen molar-refractivity contribution in [2.75, 3.05) is 0 Å². The fourth-order valence-electron chi connectivity index (χ4n) is 2.29. The summed E-state index contributed by atoms with van der Waals surface area (Å²) in [6.07, 6.45) is 1.04. The van der Waals surface area contributed by atoms with E-state index in [4.69, 9.17) is 5.73 Å². The summed E-state index contributed by atoms with van der Waals surface area (Å²) in [5.74, 6) is -0.199. The molecule has 106 valence electrons. The van der Waals surface area contributed by atoms with E-state index >= 15 is 0 Å². The minimum absolute atomic E-state index is 0.199. The van der Waals surface area contributed by atoms with Crippen molar-refractivity contribution in [1.29, 1.82) is 0 Å². The van der Waals surface area contributed by atoms with Crippen LogP contribution in [-0.2, 0) is 11.2 Å². The summed E-state index contributed by atoms with van der Waals surface area (Å²) in [6.45, 7) is 5.81. The molecule has 4 N–H and O–H groups in total. The average Bonchev–Trinajstić information content (AvgIpc) is 2.78. The summed E-state index contributed by atoms with van der Waals surface area (Å²) >= 11 is 1.68. The van der Waals surface area contributed by atoms with Crippen LogP contribution in [0.1, 0.15) is 43.7 Å².